The Hall–Kier alpha value is -0.900. The Kier molecular flexibility index (Phi) is 4.38. The third-order valence-electron chi connectivity index (χ3n) is 4.03. The molecule has 0 aliphatic carbocycles. The van der Waals surface area contributed by atoms with Gasteiger partial charge in [0.25, 0.3) is 0 Å². The van der Waals surface area contributed by atoms with Gasteiger partial charge in [0.1, 0.15) is 0 Å². The monoisotopic (exact) mass is 247 g/mol. The molecular weight excluding hydrogens is 222 g/mol. The van der Waals surface area contributed by atoms with Crippen LogP contribution in [0.1, 0.15) is 18.1 Å². The van der Waals surface area contributed by atoms with Gasteiger partial charge < -0.3 is 11.1 Å². The lowest BCUT2D eigenvalue weighted by Gasteiger charge is -2.43. The minimum Gasteiger partial charge on any atom is -0.329 e. The maximum Gasteiger partial charge on any atom is 0.0344 e. The molecule has 3 heteroatoms. The van der Waals surface area contributed by atoms with Crippen molar-refractivity contribution in [3.05, 3.63) is 35.4 Å². The highest BCUT2D eigenvalue weighted by Crippen LogP contribution is 2.20. The smallest absolute Gasteiger partial charge is 0.0344 e. The van der Waals surface area contributed by atoms with Gasteiger partial charge in [-0.15, -0.1) is 0 Å². The molecule has 3 nitrogen and oxygen atoms in total. The van der Waals surface area contributed by atoms with Gasteiger partial charge in [-0.25, -0.2) is 0 Å². The molecule has 1 heterocycles. The molecule has 1 unspecified atom stereocenters. The fraction of sp³-hybridized carbons (Fsp3) is 0.600. The van der Waals surface area contributed by atoms with E-state index in [-0.39, 0.29) is 5.54 Å². The molecule has 0 amide bonds. The summed E-state index contributed by atoms with van der Waals surface area (Å²) >= 11 is 0. The predicted molar refractivity (Wildman–Crippen MR) is 76.8 cm³/mol. The first kappa shape index (κ1) is 13.5. The molecular formula is C15H25N3. The van der Waals surface area contributed by atoms with Crippen molar-refractivity contribution in [2.45, 2.75) is 25.8 Å². The number of benzene rings is 1. The molecule has 0 radical (unpaired) electrons. The van der Waals surface area contributed by atoms with Crippen molar-refractivity contribution in [1.29, 1.82) is 0 Å². The summed E-state index contributed by atoms with van der Waals surface area (Å²) in [5.74, 6) is 0. The first-order valence-electron chi connectivity index (χ1n) is 6.85. The van der Waals surface area contributed by atoms with Crippen molar-refractivity contribution < 1.29 is 0 Å². The maximum atomic E-state index is 6.05. The average molecular weight is 247 g/mol. The minimum atomic E-state index is 0.0807. The molecule has 0 saturated carbocycles. The number of rotatable bonds is 4. The molecule has 2 rings (SSSR count). The lowest BCUT2D eigenvalue weighted by Crippen LogP contribution is -2.59. The van der Waals surface area contributed by atoms with Crippen LogP contribution in [-0.2, 0) is 6.42 Å². The number of hydrogen-bond donors (Lipinski definition) is 2. The maximum absolute atomic E-state index is 6.05. The van der Waals surface area contributed by atoms with E-state index in [0.717, 1.165) is 32.6 Å². The number of aryl methyl sites for hydroxylation is 1. The predicted octanol–water partition coefficient (Wildman–Crippen LogP) is 1.16. The summed E-state index contributed by atoms with van der Waals surface area (Å²) in [5, 5.41) is 3.40. The van der Waals surface area contributed by atoms with Crippen LogP contribution in [0.15, 0.2) is 24.3 Å². The molecule has 18 heavy (non-hydrogen) atoms. The third-order valence-corrected chi connectivity index (χ3v) is 4.03. The van der Waals surface area contributed by atoms with E-state index in [9.17, 15) is 0 Å². The van der Waals surface area contributed by atoms with Gasteiger partial charge in [-0.3, -0.25) is 4.90 Å². The number of nitrogens with one attached hydrogen (secondary N) is 1. The molecule has 1 fully saturated rings. The highest BCUT2D eigenvalue weighted by Gasteiger charge is 2.31. The minimum absolute atomic E-state index is 0.0807. The Bertz CT molecular complexity index is 368. The summed E-state index contributed by atoms with van der Waals surface area (Å²) in [6.45, 7) is 9.47. The van der Waals surface area contributed by atoms with Crippen LogP contribution in [0.2, 0.25) is 0 Å². The van der Waals surface area contributed by atoms with Crippen molar-refractivity contribution in [3.8, 4) is 0 Å². The van der Waals surface area contributed by atoms with E-state index in [1.165, 1.54) is 11.1 Å². The molecule has 0 aromatic heterocycles. The van der Waals surface area contributed by atoms with Crippen LogP contribution >= 0.6 is 0 Å². The van der Waals surface area contributed by atoms with Crippen LogP contribution in [0.4, 0.5) is 0 Å². The highest BCUT2D eigenvalue weighted by molar-refractivity contribution is 5.23. The zero-order chi connectivity index (χ0) is 13.0. The molecule has 1 atom stereocenters. The van der Waals surface area contributed by atoms with Crippen molar-refractivity contribution in [2.75, 3.05) is 32.7 Å². The van der Waals surface area contributed by atoms with Crippen LogP contribution in [0, 0.1) is 6.92 Å². The molecule has 1 aromatic rings. The lowest BCUT2D eigenvalue weighted by atomic mass is 9.90. The van der Waals surface area contributed by atoms with Gasteiger partial charge in [0.05, 0.1) is 0 Å². The van der Waals surface area contributed by atoms with Gasteiger partial charge in [-0.1, -0.05) is 29.8 Å². The summed E-state index contributed by atoms with van der Waals surface area (Å²) < 4.78 is 0. The summed E-state index contributed by atoms with van der Waals surface area (Å²) in [5.41, 5.74) is 8.83. The fourth-order valence-electron chi connectivity index (χ4n) is 2.66. The van der Waals surface area contributed by atoms with E-state index in [1.54, 1.807) is 0 Å². The van der Waals surface area contributed by atoms with Crippen molar-refractivity contribution in [2.24, 2.45) is 5.73 Å². The second-order valence-corrected chi connectivity index (χ2v) is 5.60. The molecule has 0 bridgehead atoms. The van der Waals surface area contributed by atoms with Crippen LogP contribution in [0.25, 0.3) is 0 Å². The van der Waals surface area contributed by atoms with Gasteiger partial charge in [0.2, 0.25) is 0 Å². The van der Waals surface area contributed by atoms with Gasteiger partial charge in [0.15, 0.2) is 0 Å². The lowest BCUT2D eigenvalue weighted by molar-refractivity contribution is 0.0946. The topological polar surface area (TPSA) is 41.3 Å². The average Bonchev–Trinajstić information content (AvgIpc) is 2.42. The Labute approximate surface area is 110 Å². The zero-order valence-electron chi connectivity index (χ0n) is 11.6. The highest BCUT2D eigenvalue weighted by atomic mass is 15.2. The van der Waals surface area contributed by atoms with Gasteiger partial charge >= 0.3 is 0 Å². The number of nitrogens with zero attached hydrogens (tertiary/aromatic N) is 1. The first-order valence-corrected chi connectivity index (χ1v) is 6.85. The van der Waals surface area contributed by atoms with E-state index < -0.39 is 0 Å². The van der Waals surface area contributed by atoms with E-state index in [4.69, 9.17) is 5.73 Å². The van der Waals surface area contributed by atoms with Crippen molar-refractivity contribution in [3.63, 3.8) is 0 Å². The van der Waals surface area contributed by atoms with Gasteiger partial charge in [-0.2, -0.15) is 0 Å². The van der Waals surface area contributed by atoms with E-state index >= 15 is 0 Å². The normalized spacial score (nSPS) is 20.6. The number of nitrogens with two attached hydrogens (primary N) is 1. The van der Waals surface area contributed by atoms with Gasteiger partial charge in [-0.05, 0) is 25.8 Å². The fourth-order valence-corrected chi connectivity index (χ4v) is 2.66. The number of hydrogen-bond acceptors (Lipinski definition) is 3. The van der Waals surface area contributed by atoms with Crippen LogP contribution in [0.3, 0.4) is 0 Å². The van der Waals surface area contributed by atoms with E-state index in [1.807, 2.05) is 0 Å². The summed E-state index contributed by atoms with van der Waals surface area (Å²) in [4.78, 5) is 2.53. The quantitative estimate of drug-likeness (QED) is 0.839. The summed E-state index contributed by atoms with van der Waals surface area (Å²) in [7, 11) is 0. The number of piperazine rings is 1. The Balaban J connectivity index is 2.08. The first-order chi connectivity index (χ1) is 8.64. The molecule has 1 saturated heterocycles. The Morgan fingerprint density at radius 3 is 2.39 bits per heavy atom. The molecule has 0 spiro atoms. The summed E-state index contributed by atoms with van der Waals surface area (Å²) in [6.07, 6.45) is 1.03. The van der Waals surface area contributed by atoms with Gasteiger partial charge in [0, 0.05) is 38.3 Å². The van der Waals surface area contributed by atoms with Crippen LogP contribution in [0.5, 0.6) is 0 Å². The Morgan fingerprint density at radius 1 is 1.22 bits per heavy atom. The molecule has 3 N–H and O–H groups in total. The molecule has 100 valence electrons. The SMILES string of the molecule is Cc1ccc(CC(C)(CN)N2CCNCC2)cc1. The van der Waals surface area contributed by atoms with Crippen molar-refractivity contribution >= 4 is 0 Å². The zero-order valence-corrected chi connectivity index (χ0v) is 11.6. The molecule has 1 aliphatic rings. The van der Waals surface area contributed by atoms with Crippen molar-refractivity contribution in [1.82, 2.24) is 10.2 Å². The second kappa shape index (κ2) is 5.83. The summed E-state index contributed by atoms with van der Waals surface area (Å²) in [6, 6.07) is 8.82. The Morgan fingerprint density at radius 2 is 1.83 bits per heavy atom. The van der Waals surface area contributed by atoms with E-state index in [2.05, 4.69) is 48.3 Å². The van der Waals surface area contributed by atoms with Crippen LogP contribution in [-0.4, -0.2) is 43.2 Å². The molecule has 1 aliphatic heterocycles. The van der Waals surface area contributed by atoms with E-state index in [0.29, 0.717) is 6.54 Å². The third kappa shape index (κ3) is 3.10. The second-order valence-electron chi connectivity index (χ2n) is 5.60. The largest absolute Gasteiger partial charge is 0.329 e. The molecule has 1 aromatic carbocycles. The van der Waals surface area contributed by atoms with Crippen LogP contribution < -0.4 is 11.1 Å². The standard InChI is InChI=1S/C15H25N3/c1-13-3-5-14(6-4-13)11-15(2,12-16)18-9-7-17-8-10-18/h3-6,17H,7-12,16H2,1-2H3.